The Morgan fingerprint density at radius 3 is 2.67 bits per heavy atom. The van der Waals surface area contributed by atoms with Crippen molar-refractivity contribution in [3.05, 3.63) is 36.0 Å². The van der Waals surface area contributed by atoms with E-state index in [0.29, 0.717) is 5.56 Å². The number of aromatic nitrogens is 1. The topological polar surface area (TPSA) is 116 Å². The minimum absolute atomic E-state index is 0.118. The number of aromatic amines is 1. The maximum Gasteiger partial charge on any atom is 0.336 e. The molecule has 0 bridgehead atoms. The van der Waals surface area contributed by atoms with Gasteiger partial charge in [-0.15, -0.1) is 0 Å². The van der Waals surface area contributed by atoms with Crippen molar-refractivity contribution < 1.29 is 19.8 Å². The summed E-state index contributed by atoms with van der Waals surface area (Å²) in [6, 6.07) is 6.39. The number of ketones is 1. The van der Waals surface area contributed by atoms with Crippen LogP contribution in [0.15, 0.2) is 30.5 Å². The summed E-state index contributed by atoms with van der Waals surface area (Å²) >= 11 is 0. The third-order valence-corrected chi connectivity index (χ3v) is 3.64. The van der Waals surface area contributed by atoms with E-state index in [9.17, 15) is 19.8 Å². The fraction of sp³-hybridized carbons (Fsp3) is 0.333. The van der Waals surface area contributed by atoms with Gasteiger partial charge in [0.2, 0.25) is 0 Å². The molecule has 1 aromatic heterocycles. The number of rotatable bonds is 6. The number of fused-ring (bicyclic) bond motifs is 1. The summed E-state index contributed by atoms with van der Waals surface area (Å²) in [5.74, 6) is -1.74. The number of nitrogens with one attached hydrogen (secondary N) is 1. The molecule has 0 radical (unpaired) electrons. The molecule has 0 unspecified atom stereocenters. The van der Waals surface area contributed by atoms with Crippen LogP contribution in [0.2, 0.25) is 0 Å². The highest BCUT2D eigenvalue weighted by molar-refractivity contribution is 5.86. The summed E-state index contributed by atoms with van der Waals surface area (Å²) in [6.45, 7) is 1.28. The van der Waals surface area contributed by atoms with Crippen LogP contribution in [0.1, 0.15) is 18.9 Å². The van der Waals surface area contributed by atoms with E-state index in [2.05, 4.69) is 4.98 Å². The quantitative estimate of drug-likeness (QED) is 0.629. The predicted octanol–water partition coefficient (Wildman–Crippen LogP) is 0.832. The van der Waals surface area contributed by atoms with Crippen LogP contribution in [-0.2, 0) is 16.0 Å². The Labute approximate surface area is 121 Å². The molecule has 0 spiro atoms. The van der Waals surface area contributed by atoms with Gasteiger partial charge in [0.15, 0.2) is 5.60 Å². The average molecular weight is 290 g/mol. The fourth-order valence-corrected chi connectivity index (χ4v) is 2.34. The van der Waals surface area contributed by atoms with Gasteiger partial charge in [0.1, 0.15) is 5.78 Å². The largest absolute Gasteiger partial charge is 0.479 e. The van der Waals surface area contributed by atoms with Gasteiger partial charge in [-0.2, -0.15) is 0 Å². The Bertz CT molecular complexity index is 679. The van der Waals surface area contributed by atoms with Crippen molar-refractivity contribution >= 4 is 22.7 Å². The molecule has 0 saturated heterocycles. The van der Waals surface area contributed by atoms with Crippen LogP contribution in [0.25, 0.3) is 10.9 Å². The van der Waals surface area contributed by atoms with E-state index in [1.807, 2.05) is 24.3 Å². The zero-order valence-corrected chi connectivity index (χ0v) is 11.7. The van der Waals surface area contributed by atoms with E-state index < -0.39 is 17.6 Å². The molecule has 2 rings (SSSR count). The highest BCUT2D eigenvalue weighted by Crippen LogP contribution is 2.25. The van der Waals surface area contributed by atoms with Gasteiger partial charge >= 0.3 is 5.97 Å². The predicted molar refractivity (Wildman–Crippen MR) is 77.9 cm³/mol. The summed E-state index contributed by atoms with van der Waals surface area (Å²) in [4.78, 5) is 25.7. The molecule has 0 aliphatic carbocycles. The summed E-state index contributed by atoms with van der Waals surface area (Å²) in [6.07, 6.45) is 1.22. The molecule has 0 aliphatic heterocycles. The van der Waals surface area contributed by atoms with Crippen LogP contribution in [0.4, 0.5) is 0 Å². The van der Waals surface area contributed by atoms with Gasteiger partial charge < -0.3 is 20.9 Å². The van der Waals surface area contributed by atoms with Crippen molar-refractivity contribution in [3.8, 4) is 0 Å². The molecule has 0 aliphatic rings. The number of H-pyrrole nitrogens is 1. The normalized spacial score (nSPS) is 15.6. The number of carboxylic acids is 1. The van der Waals surface area contributed by atoms with Crippen molar-refractivity contribution in [1.29, 1.82) is 0 Å². The number of carboxylic acid groups (broad SMARTS) is 1. The van der Waals surface area contributed by atoms with Crippen molar-refractivity contribution in [1.82, 2.24) is 4.98 Å². The zero-order valence-electron chi connectivity index (χ0n) is 11.7. The van der Waals surface area contributed by atoms with Crippen molar-refractivity contribution in [2.75, 3.05) is 0 Å². The molecule has 6 nitrogen and oxygen atoms in total. The number of hydrogen-bond donors (Lipinski definition) is 4. The highest BCUT2D eigenvalue weighted by atomic mass is 16.4. The molecule has 6 heteroatoms. The van der Waals surface area contributed by atoms with E-state index >= 15 is 0 Å². The molecule has 2 atom stereocenters. The molecule has 5 N–H and O–H groups in total. The van der Waals surface area contributed by atoms with Crippen LogP contribution in [0.5, 0.6) is 0 Å². The Hall–Kier alpha value is -2.18. The van der Waals surface area contributed by atoms with Gasteiger partial charge in [0.25, 0.3) is 0 Å². The number of para-hydroxylation sites is 1. The molecule has 112 valence electrons. The Morgan fingerprint density at radius 2 is 2.05 bits per heavy atom. The van der Waals surface area contributed by atoms with Crippen molar-refractivity contribution in [3.63, 3.8) is 0 Å². The first-order valence-electron chi connectivity index (χ1n) is 6.60. The van der Waals surface area contributed by atoms with Crippen molar-refractivity contribution in [2.45, 2.75) is 31.4 Å². The molecular weight excluding hydrogens is 272 g/mol. The molecule has 1 heterocycles. The van der Waals surface area contributed by atoms with Crippen LogP contribution < -0.4 is 5.73 Å². The highest BCUT2D eigenvalue weighted by Gasteiger charge is 2.39. The van der Waals surface area contributed by atoms with E-state index in [4.69, 9.17) is 5.73 Å². The molecule has 21 heavy (non-hydrogen) atoms. The lowest BCUT2D eigenvalue weighted by atomic mass is 9.87. The average Bonchev–Trinajstić information content (AvgIpc) is 2.81. The first kappa shape index (κ1) is 15.2. The molecule has 2 aromatic rings. The standard InChI is InChI=1S/C15H18N2O4/c1-9(18)12(16)7-15(21,14(19)20)6-10-8-17-13-5-3-2-4-11(10)13/h2-5,8,12,17,21H,6-7,16H2,1H3,(H,19,20)/t12-,15+/m1/s1. The van der Waals surface area contributed by atoms with Crippen LogP contribution in [0, 0.1) is 0 Å². The third kappa shape index (κ3) is 3.12. The number of hydrogen-bond acceptors (Lipinski definition) is 4. The van der Waals surface area contributed by atoms with Gasteiger partial charge in [-0.3, -0.25) is 4.79 Å². The van der Waals surface area contributed by atoms with E-state index in [-0.39, 0.29) is 18.6 Å². The molecule has 0 saturated carbocycles. The minimum Gasteiger partial charge on any atom is -0.479 e. The van der Waals surface area contributed by atoms with Gasteiger partial charge in [-0.1, -0.05) is 18.2 Å². The van der Waals surface area contributed by atoms with E-state index in [0.717, 1.165) is 10.9 Å². The van der Waals surface area contributed by atoms with Crippen LogP contribution >= 0.6 is 0 Å². The third-order valence-electron chi connectivity index (χ3n) is 3.64. The number of benzene rings is 1. The van der Waals surface area contributed by atoms with E-state index in [1.54, 1.807) is 6.20 Å². The lowest BCUT2D eigenvalue weighted by Gasteiger charge is -2.25. The molecule has 1 aromatic carbocycles. The number of Topliss-reactive ketones (excluding diaryl/α,β-unsaturated/α-hetero) is 1. The van der Waals surface area contributed by atoms with Gasteiger partial charge in [-0.05, 0) is 18.6 Å². The summed E-state index contributed by atoms with van der Waals surface area (Å²) in [7, 11) is 0. The maximum absolute atomic E-state index is 11.4. The Balaban J connectivity index is 2.31. The van der Waals surface area contributed by atoms with Gasteiger partial charge in [0, 0.05) is 29.9 Å². The van der Waals surface area contributed by atoms with Gasteiger partial charge in [0.05, 0.1) is 6.04 Å². The second kappa shape index (κ2) is 5.67. The number of aliphatic hydroxyl groups is 1. The first-order chi connectivity index (χ1) is 9.83. The van der Waals surface area contributed by atoms with E-state index in [1.165, 1.54) is 6.92 Å². The van der Waals surface area contributed by atoms with Crippen LogP contribution in [-0.4, -0.2) is 38.6 Å². The molecule has 0 fully saturated rings. The van der Waals surface area contributed by atoms with Crippen molar-refractivity contribution in [2.24, 2.45) is 5.73 Å². The number of aliphatic carboxylic acids is 1. The fourth-order valence-electron chi connectivity index (χ4n) is 2.34. The lowest BCUT2D eigenvalue weighted by Crippen LogP contribution is -2.47. The lowest BCUT2D eigenvalue weighted by molar-refractivity contribution is -0.159. The van der Waals surface area contributed by atoms with Gasteiger partial charge in [-0.25, -0.2) is 4.79 Å². The SMILES string of the molecule is CC(=O)[C@H](N)C[C@@](O)(Cc1c[nH]c2ccccc12)C(=O)O. The Kier molecular flexibility index (Phi) is 4.11. The Morgan fingerprint density at radius 1 is 1.38 bits per heavy atom. The molecule has 0 amide bonds. The second-order valence-corrected chi connectivity index (χ2v) is 5.29. The molecular formula is C15H18N2O4. The van der Waals surface area contributed by atoms with Crippen LogP contribution in [0.3, 0.4) is 0 Å². The summed E-state index contributed by atoms with van der Waals surface area (Å²) < 4.78 is 0. The number of nitrogens with two attached hydrogens (primary N) is 1. The monoisotopic (exact) mass is 290 g/mol. The smallest absolute Gasteiger partial charge is 0.336 e. The first-order valence-corrected chi connectivity index (χ1v) is 6.60. The summed E-state index contributed by atoms with van der Waals surface area (Å²) in [5, 5.41) is 20.5. The minimum atomic E-state index is -2.07. The second-order valence-electron chi connectivity index (χ2n) is 5.29. The number of carbonyl (C=O) groups excluding carboxylic acids is 1. The zero-order chi connectivity index (χ0) is 15.6. The maximum atomic E-state index is 11.4. The summed E-state index contributed by atoms with van der Waals surface area (Å²) in [5.41, 5.74) is 5.06. The number of carbonyl (C=O) groups is 2.